The highest BCUT2D eigenvalue weighted by Crippen LogP contribution is 2.21. The van der Waals surface area contributed by atoms with Gasteiger partial charge in [0.2, 0.25) is 5.91 Å². The van der Waals surface area contributed by atoms with Crippen LogP contribution in [0.3, 0.4) is 0 Å². The SMILES string of the molecule is Cc1ccc(/C=C/C(=O)NNC(=O)C[C@@H]2CCS(=O)(=O)C2)cc1Cl. The normalized spacial score (nSPS) is 19.3. The number of benzene rings is 1. The number of carbonyl (C=O) groups excluding carboxylic acids is 2. The molecule has 0 aromatic heterocycles. The van der Waals surface area contributed by atoms with Crippen LogP contribution in [0.2, 0.25) is 5.02 Å². The maximum Gasteiger partial charge on any atom is 0.262 e. The summed E-state index contributed by atoms with van der Waals surface area (Å²) in [4.78, 5) is 23.4. The Morgan fingerprint density at radius 3 is 2.71 bits per heavy atom. The third kappa shape index (κ3) is 5.65. The van der Waals surface area contributed by atoms with E-state index in [0.717, 1.165) is 11.1 Å². The summed E-state index contributed by atoms with van der Waals surface area (Å²) in [6, 6.07) is 5.40. The predicted octanol–water partition coefficient (Wildman–Crippen LogP) is 1.63. The Morgan fingerprint density at radius 2 is 2.08 bits per heavy atom. The Kier molecular flexibility index (Phi) is 6.01. The van der Waals surface area contributed by atoms with E-state index in [1.165, 1.54) is 6.08 Å². The lowest BCUT2D eigenvalue weighted by Crippen LogP contribution is -2.41. The molecule has 1 aliphatic rings. The summed E-state index contributed by atoms with van der Waals surface area (Å²) in [6.45, 7) is 1.88. The Balaban J connectivity index is 1.77. The number of halogens is 1. The molecule has 0 saturated carbocycles. The van der Waals surface area contributed by atoms with Crippen LogP contribution in [0.15, 0.2) is 24.3 Å². The van der Waals surface area contributed by atoms with E-state index < -0.39 is 21.7 Å². The summed E-state index contributed by atoms with van der Waals surface area (Å²) in [7, 11) is -3.01. The van der Waals surface area contributed by atoms with Crippen LogP contribution in [-0.2, 0) is 19.4 Å². The van der Waals surface area contributed by atoms with E-state index in [-0.39, 0.29) is 23.8 Å². The Bertz CT molecular complexity index is 774. The summed E-state index contributed by atoms with van der Waals surface area (Å²) in [5.74, 6) is -0.921. The van der Waals surface area contributed by atoms with Crippen molar-refractivity contribution < 1.29 is 18.0 Å². The van der Waals surface area contributed by atoms with E-state index >= 15 is 0 Å². The minimum absolute atomic E-state index is 0.0302. The number of amides is 2. The Hall–Kier alpha value is -1.86. The van der Waals surface area contributed by atoms with Crippen molar-refractivity contribution >= 4 is 39.3 Å². The van der Waals surface area contributed by atoms with Crippen LogP contribution in [0.5, 0.6) is 0 Å². The van der Waals surface area contributed by atoms with E-state index in [2.05, 4.69) is 10.9 Å². The molecule has 8 heteroatoms. The molecular formula is C16H19ClN2O4S. The van der Waals surface area contributed by atoms with E-state index in [4.69, 9.17) is 11.6 Å². The van der Waals surface area contributed by atoms with Crippen LogP contribution in [0.1, 0.15) is 24.0 Å². The molecular weight excluding hydrogens is 352 g/mol. The average Bonchev–Trinajstić information content (AvgIpc) is 2.85. The highest BCUT2D eigenvalue weighted by molar-refractivity contribution is 7.91. The van der Waals surface area contributed by atoms with Crippen molar-refractivity contribution in [3.8, 4) is 0 Å². The van der Waals surface area contributed by atoms with Crippen LogP contribution in [0.4, 0.5) is 0 Å². The van der Waals surface area contributed by atoms with Crippen molar-refractivity contribution in [1.82, 2.24) is 10.9 Å². The van der Waals surface area contributed by atoms with Gasteiger partial charge in [0.05, 0.1) is 11.5 Å². The minimum Gasteiger partial charge on any atom is -0.273 e. The van der Waals surface area contributed by atoms with E-state index in [0.29, 0.717) is 11.4 Å². The molecule has 1 saturated heterocycles. The monoisotopic (exact) mass is 370 g/mol. The molecule has 0 unspecified atom stereocenters. The molecule has 1 atom stereocenters. The molecule has 130 valence electrons. The first kappa shape index (κ1) is 18.5. The fraction of sp³-hybridized carbons (Fsp3) is 0.375. The third-order valence-corrected chi connectivity index (χ3v) is 5.99. The van der Waals surface area contributed by atoms with Crippen molar-refractivity contribution in [3.63, 3.8) is 0 Å². The van der Waals surface area contributed by atoms with Gasteiger partial charge >= 0.3 is 0 Å². The third-order valence-electron chi connectivity index (χ3n) is 3.75. The smallest absolute Gasteiger partial charge is 0.262 e. The molecule has 24 heavy (non-hydrogen) atoms. The second kappa shape index (κ2) is 7.81. The molecule has 0 spiro atoms. The molecule has 6 nitrogen and oxygen atoms in total. The maximum atomic E-state index is 11.7. The first-order chi connectivity index (χ1) is 11.2. The van der Waals surface area contributed by atoms with Gasteiger partial charge in [0.15, 0.2) is 9.84 Å². The van der Waals surface area contributed by atoms with Crippen molar-refractivity contribution in [3.05, 3.63) is 40.4 Å². The first-order valence-electron chi connectivity index (χ1n) is 7.48. The molecule has 0 radical (unpaired) electrons. The zero-order chi connectivity index (χ0) is 17.7. The number of sulfone groups is 1. The standard InChI is InChI=1S/C16H19ClN2O4S/c1-11-2-3-12(8-14(11)17)4-5-15(20)18-19-16(21)9-13-6-7-24(22,23)10-13/h2-5,8,13H,6-7,9-10H2,1H3,(H,18,20)(H,19,21)/b5-4+/t13-/m0/s1. The van der Waals surface area contributed by atoms with Crippen molar-refractivity contribution in [2.45, 2.75) is 19.8 Å². The topological polar surface area (TPSA) is 92.3 Å². The van der Waals surface area contributed by atoms with Crippen LogP contribution in [-0.4, -0.2) is 31.7 Å². The molecule has 0 bridgehead atoms. The van der Waals surface area contributed by atoms with Gasteiger partial charge in [-0.25, -0.2) is 8.42 Å². The summed E-state index contributed by atoms with van der Waals surface area (Å²) >= 11 is 6.00. The van der Waals surface area contributed by atoms with Gasteiger partial charge in [-0.15, -0.1) is 0 Å². The number of rotatable bonds is 4. The van der Waals surface area contributed by atoms with Gasteiger partial charge in [-0.2, -0.15) is 0 Å². The Labute approximate surface area is 146 Å². The van der Waals surface area contributed by atoms with E-state index in [1.807, 2.05) is 19.1 Å². The van der Waals surface area contributed by atoms with Crippen LogP contribution < -0.4 is 10.9 Å². The van der Waals surface area contributed by atoms with E-state index in [1.54, 1.807) is 12.1 Å². The van der Waals surface area contributed by atoms with Gasteiger partial charge in [0.1, 0.15) is 0 Å². The van der Waals surface area contributed by atoms with E-state index in [9.17, 15) is 18.0 Å². The first-order valence-corrected chi connectivity index (χ1v) is 9.68. The van der Waals surface area contributed by atoms with Gasteiger partial charge < -0.3 is 0 Å². The lowest BCUT2D eigenvalue weighted by Gasteiger charge is -2.08. The van der Waals surface area contributed by atoms with Gasteiger partial charge in [0, 0.05) is 17.5 Å². The van der Waals surface area contributed by atoms with Crippen molar-refractivity contribution in [1.29, 1.82) is 0 Å². The number of aryl methyl sites for hydroxylation is 1. The highest BCUT2D eigenvalue weighted by Gasteiger charge is 2.29. The molecule has 1 aromatic carbocycles. The zero-order valence-electron chi connectivity index (χ0n) is 13.2. The lowest BCUT2D eigenvalue weighted by atomic mass is 10.1. The summed E-state index contributed by atoms with van der Waals surface area (Å²) in [5.41, 5.74) is 6.26. The molecule has 2 amide bonds. The van der Waals surface area contributed by atoms with Gasteiger partial charge in [-0.1, -0.05) is 23.7 Å². The number of hydrogen-bond donors (Lipinski definition) is 2. The van der Waals surface area contributed by atoms with Gasteiger partial charge in [-0.05, 0) is 42.5 Å². The second-order valence-electron chi connectivity index (χ2n) is 5.85. The Morgan fingerprint density at radius 1 is 1.33 bits per heavy atom. The van der Waals surface area contributed by atoms with Crippen molar-refractivity contribution in [2.24, 2.45) is 5.92 Å². The maximum absolute atomic E-state index is 11.7. The molecule has 0 aliphatic carbocycles. The van der Waals surface area contributed by atoms with Gasteiger partial charge in [-0.3, -0.25) is 20.4 Å². The van der Waals surface area contributed by atoms with Crippen LogP contribution in [0.25, 0.3) is 6.08 Å². The molecule has 1 aromatic rings. The van der Waals surface area contributed by atoms with Crippen molar-refractivity contribution in [2.75, 3.05) is 11.5 Å². The fourth-order valence-corrected chi connectivity index (χ4v) is 4.45. The molecule has 1 aliphatic heterocycles. The number of nitrogens with one attached hydrogen (secondary N) is 2. The predicted molar refractivity (Wildman–Crippen MR) is 92.9 cm³/mol. The average molecular weight is 371 g/mol. The van der Waals surface area contributed by atoms with Crippen LogP contribution in [0, 0.1) is 12.8 Å². The molecule has 1 heterocycles. The minimum atomic E-state index is -3.01. The largest absolute Gasteiger partial charge is 0.273 e. The highest BCUT2D eigenvalue weighted by atomic mass is 35.5. The molecule has 2 rings (SSSR count). The lowest BCUT2D eigenvalue weighted by molar-refractivity contribution is -0.127. The molecule has 2 N–H and O–H groups in total. The number of hydrogen-bond acceptors (Lipinski definition) is 4. The summed E-state index contributed by atoms with van der Waals surface area (Å²) < 4.78 is 22.7. The second-order valence-corrected chi connectivity index (χ2v) is 8.49. The fourth-order valence-electron chi connectivity index (χ4n) is 2.40. The number of carbonyl (C=O) groups is 2. The summed E-state index contributed by atoms with van der Waals surface area (Å²) in [5, 5.41) is 0.609. The van der Waals surface area contributed by atoms with Gasteiger partial charge in [0.25, 0.3) is 5.91 Å². The quantitative estimate of drug-likeness (QED) is 0.622. The zero-order valence-corrected chi connectivity index (χ0v) is 14.8. The molecule has 1 fully saturated rings. The van der Waals surface area contributed by atoms with Crippen LogP contribution >= 0.6 is 11.6 Å². The number of hydrazine groups is 1. The summed E-state index contributed by atoms with van der Waals surface area (Å²) in [6.07, 6.45) is 3.42.